The van der Waals surface area contributed by atoms with E-state index in [4.69, 9.17) is 9.47 Å². The monoisotopic (exact) mass is 358 g/mol. The molecule has 0 radical (unpaired) electrons. The van der Waals surface area contributed by atoms with Crippen molar-refractivity contribution in [3.8, 4) is 11.8 Å². The maximum atomic E-state index is 13.1. The summed E-state index contributed by atoms with van der Waals surface area (Å²) in [6, 6.07) is 9.52. The number of benzene rings is 1. The van der Waals surface area contributed by atoms with Gasteiger partial charge in [-0.05, 0) is 23.8 Å². The lowest BCUT2D eigenvalue weighted by molar-refractivity contribution is -0.0814. The third-order valence-electron chi connectivity index (χ3n) is 3.92. The highest BCUT2D eigenvalue weighted by atomic mass is 19.1. The SMILES string of the molecule is FCc1ccn(-c2nc(Cc3ccc(F)cc3)cc(OC3COC3)n2)n1. The summed E-state index contributed by atoms with van der Waals surface area (Å²) in [6.07, 6.45) is 2.03. The molecule has 0 atom stereocenters. The molecule has 1 aliphatic rings. The Morgan fingerprint density at radius 2 is 1.92 bits per heavy atom. The highest BCUT2D eigenvalue weighted by Gasteiger charge is 2.21. The Morgan fingerprint density at radius 1 is 1.12 bits per heavy atom. The second-order valence-corrected chi connectivity index (χ2v) is 5.96. The summed E-state index contributed by atoms with van der Waals surface area (Å²) in [5.41, 5.74) is 1.89. The molecule has 1 fully saturated rings. The number of ether oxygens (including phenoxy) is 2. The van der Waals surface area contributed by atoms with Gasteiger partial charge in [0.15, 0.2) is 0 Å². The van der Waals surface area contributed by atoms with Gasteiger partial charge in [-0.3, -0.25) is 0 Å². The number of alkyl halides is 1. The van der Waals surface area contributed by atoms with Gasteiger partial charge in [0.1, 0.15) is 18.6 Å². The Bertz CT molecular complexity index is 894. The van der Waals surface area contributed by atoms with Crippen LogP contribution in [-0.2, 0) is 17.8 Å². The summed E-state index contributed by atoms with van der Waals surface area (Å²) in [5, 5.41) is 4.10. The van der Waals surface area contributed by atoms with E-state index >= 15 is 0 Å². The lowest BCUT2D eigenvalue weighted by Crippen LogP contribution is -2.38. The molecular weight excluding hydrogens is 342 g/mol. The number of aromatic nitrogens is 4. The summed E-state index contributed by atoms with van der Waals surface area (Å²) in [5.74, 6) is 0.402. The lowest BCUT2D eigenvalue weighted by atomic mass is 10.1. The van der Waals surface area contributed by atoms with E-state index in [1.165, 1.54) is 16.8 Å². The first-order valence-corrected chi connectivity index (χ1v) is 8.17. The van der Waals surface area contributed by atoms with E-state index in [1.54, 1.807) is 30.5 Å². The predicted molar refractivity (Wildman–Crippen MR) is 88.4 cm³/mol. The third kappa shape index (κ3) is 3.70. The van der Waals surface area contributed by atoms with Crippen LogP contribution in [0.25, 0.3) is 5.95 Å². The number of nitrogens with zero attached hydrogens (tertiary/aromatic N) is 4. The lowest BCUT2D eigenvalue weighted by Gasteiger charge is -2.26. The molecule has 1 saturated heterocycles. The Kier molecular flexibility index (Phi) is 4.57. The van der Waals surface area contributed by atoms with E-state index in [0.717, 1.165) is 5.56 Å². The van der Waals surface area contributed by atoms with Crippen molar-refractivity contribution in [1.29, 1.82) is 0 Å². The molecule has 3 aromatic rings. The maximum absolute atomic E-state index is 13.1. The minimum atomic E-state index is -0.662. The van der Waals surface area contributed by atoms with Gasteiger partial charge in [0, 0.05) is 18.7 Å². The molecule has 0 bridgehead atoms. The highest BCUT2D eigenvalue weighted by molar-refractivity contribution is 5.28. The summed E-state index contributed by atoms with van der Waals surface area (Å²) in [4.78, 5) is 8.84. The van der Waals surface area contributed by atoms with Crippen LogP contribution in [0.2, 0.25) is 0 Å². The van der Waals surface area contributed by atoms with E-state index in [2.05, 4.69) is 15.1 Å². The van der Waals surface area contributed by atoms with Crippen LogP contribution < -0.4 is 4.74 Å². The minimum absolute atomic E-state index is 0.0459. The average molecular weight is 358 g/mol. The second kappa shape index (κ2) is 7.17. The molecule has 0 amide bonds. The topological polar surface area (TPSA) is 62.1 Å². The zero-order valence-electron chi connectivity index (χ0n) is 13.8. The zero-order chi connectivity index (χ0) is 17.9. The van der Waals surface area contributed by atoms with Gasteiger partial charge in [-0.2, -0.15) is 10.1 Å². The van der Waals surface area contributed by atoms with E-state index in [1.807, 2.05) is 0 Å². The van der Waals surface area contributed by atoms with Crippen LogP contribution in [0.3, 0.4) is 0 Å². The first kappa shape index (κ1) is 16.6. The van der Waals surface area contributed by atoms with Crippen molar-refractivity contribution in [1.82, 2.24) is 19.7 Å². The fourth-order valence-electron chi connectivity index (χ4n) is 2.52. The first-order valence-electron chi connectivity index (χ1n) is 8.17. The molecule has 3 heterocycles. The smallest absolute Gasteiger partial charge is 0.254 e. The van der Waals surface area contributed by atoms with Gasteiger partial charge < -0.3 is 9.47 Å². The molecule has 4 rings (SSSR count). The number of halogens is 2. The van der Waals surface area contributed by atoms with Gasteiger partial charge in [-0.15, -0.1) is 0 Å². The average Bonchev–Trinajstić information content (AvgIpc) is 3.09. The van der Waals surface area contributed by atoms with Crippen LogP contribution in [0.15, 0.2) is 42.6 Å². The molecule has 8 heteroatoms. The summed E-state index contributed by atoms with van der Waals surface area (Å²) < 4.78 is 38.2. The van der Waals surface area contributed by atoms with Crippen molar-refractivity contribution in [2.45, 2.75) is 19.2 Å². The second-order valence-electron chi connectivity index (χ2n) is 5.96. The highest BCUT2D eigenvalue weighted by Crippen LogP contribution is 2.19. The van der Waals surface area contributed by atoms with Gasteiger partial charge >= 0.3 is 0 Å². The van der Waals surface area contributed by atoms with Crippen molar-refractivity contribution in [2.75, 3.05) is 13.2 Å². The molecule has 2 aromatic heterocycles. The third-order valence-corrected chi connectivity index (χ3v) is 3.92. The van der Waals surface area contributed by atoms with E-state index in [9.17, 15) is 8.78 Å². The van der Waals surface area contributed by atoms with Gasteiger partial charge in [-0.1, -0.05) is 12.1 Å². The van der Waals surface area contributed by atoms with Crippen LogP contribution in [0, 0.1) is 5.82 Å². The van der Waals surface area contributed by atoms with Crippen molar-refractivity contribution in [3.05, 3.63) is 65.4 Å². The van der Waals surface area contributed by atoms with E-state index in [-0.39, 0.29) is 11.9 Å². The fourth-order valence-corrected chi connectivity index (χ4v) is 2.52. The van der Waals surface area contributed by atoms with Crippen LogP contribution in [-0.4, -0.2) is 39.1 Å². The van der Waals surface area contributed by atoms with Gasteiger partial charge in [-0.25, -0.2) is 18.4 Å². The van der Waals surface area contributed by atoms with Gasteiger partial charge in [0.25, 0.3) is 5.95 Å². The molecule has 1 aliphatic heterocycles. The fraction of sp³-hybridized carbons (Fsp3) is 0.278. The summed E-state index contributed by atoms with van der Waals surface area (Å²) in [6.45, 7) is 0.367. The molecule has 1 aromatic carbocycles. The Morgan fingerprint density at radius 3 is 2.58 bits per heavy atom. The van der Waals surface area contributed by atoms with Gasteiger partial charge in [0.05, 0.1) is 24.6 Å². The van der Waals surface area contributed by atoms with Crippen molar-refractivity contribution >= 4 is 0 Å². The molecule has 6 nitrogen and oxygen atoms in total. The van der Waals surface area contributed by atoms with Crippen molar-refractivity contribution in [3.63, 3.8) is 0 Å². The molecular formula is C18H16F2N4O2. The predicted octanol–water partition coefficient (Wildman–Crippen LogP) is 2.64. The summed E-state index contributed by atoms with van der Waals surface area (Å²) in [7, 11) is 0. The van der Waals surface area contributed by atoms with Crippen LogP contribution >= 0.6 is 0 Å². The van der Waals surface area contributed by atoms with Gasteiger partial charge in [0.2, 0.25) is 5.88 Å². The quantitative estimate of drug-likeness (QED) is 0.678. The minimum Gasteiger partial charge on any atom is -0.469 e. The molecule has 0 aliphatic carbocycles. The molecule has 26 heavy (non-hydrogen) atoms. The molecule has 134 valence electrons. The van der Waals surface area contributed by atoms with Crippen LogP contribution in [0.5, 0.6) is 5.88 Å². The standard InChI is InChI=1S/C18H16F2N4O2/c19-9-14-5-6-24(23-14)18-21-15(7-12-1-3-13(20)4-2-12)8-17(22-18)26-16-10-25-11-16/h1-6,8,16H,7,9-11H2. The van der Waals surface area contributed by atoms with Crippen LogP contribution in [0.1, 0.15) is 17.0 Å². The largest absolute Gasteiger partial charge is 0.469 e. The van der Waals surface area contributed by atoms with E-state index in [0.29, 0.717) is 42.9 Å². The Labute approximate surface area is 148 Å². The number of hydrogen-bond donors (Lipinski definition) is 0. The Balaban J connectivity index is 1.65. The molecule has 0 saturated carbocycles. The summed E-state index contributed by atoms with van der Waals surface area (Å²) >= 11 is 0. The molecule has 0 N–H and O–H groups in total. The molecule has 0 unspecified atom stereocenters. The molecule has 0 spiro atoms. The Hall–Kier alpha value is -2.87. The number of rotatable bonds is 6. The van der Waals surface area contributed by atoms with Crippen molar-refractivity contribution in [2.24, 2.45) is 0 Å². The maximum Gasteiger partial charge on any atom is 0.254 e. The zero-order valence-corrected chi connectivity index (χ0v) is 13.8. The normalized spacial score (nSPS) is 14.2. The first-order chi connectivity index (χ1) is 12.7. The number of hydrogen-bond acceptors (Lipinski definition) is 5. The van der Waals surface area contributed by atoms with Crippen molar-refractivity contribution < 1.29 is 18.3 Å². The van der Waals surface area contributed by atoms with Crippen LogP contribution in [0.4, 0.5) is 8.78 Å². The van der Waals surface area contributed by atoms with E-state index < -0.39 is 6.67 Å².